The van der Waals surface area contributed by atoms with Gasteiger partial charge in [0, 0.05) is 104 Å². The van der Waals surface area contributed by atoms with Crippen molar-refractivity contribution in [1.82, 2.24) is 18.3 Å². The molecule has 8 rings (SSSR count). The fraction of sp³-hybridized carbons (Fsp3) is 0.0889. The minimum Gasteiger partial charge on any atom is -0.344 e. The number of anilines is 6. The van der Waals surface area contributed by atoms with Gasteiger partial charge in [0.15, 0.2) is 0 Å². The Morgan fingerprint density at radius 1 is 0.377 bits per heavy atom. The average molecular weight is 1140 g/mol. The number of benzene rings is 4. The van der Waals surface area contributed by atoms with Crippen molar-refractivity contribution in [3.05, 3.63) is 132 Å². The van der Waals surface area contributed by atoms with Crippen LogP contribution >= 0.6 is 0 Å². The van der Waals surface area contributed by atoms with Crippen LogP contribution in [0, 0.1) is 0 Å². The number of rotatable bonds is 14. The topological polar surface area (TPSA) is 395 Å². The van der Waals surface area contributed by atoms with Gasteiger partial charge in [-0.25, -0.2) is 4.79 Å². The maximum atomic E-state index is 13.5. The van der Waals surface area contributed by atoms with E-state index < -0.39 is 100 Å². The smallest absolute Gasteiger partial charge is 0.323 e. The van der Waals surface area contributed by atoms with Crippen LogP contribution in [-0.4, -0.2) is 129 Å². The van der Waals surface area contributed by atoms with E-state index in [4.69, 9.17) is 0 Å². The van der Waals surface area contributed by atoms with E-state index >= 15 is 0 Å². The third-order valence-electron chi connectivity index (χ3n) is 11.5. The van der Waals surface area contributed by atoms with Gasteiger partial charge < -0.3 is 50.2 Å². The molecule has 0 fully saturated rings. The van der Waals surface area contributed by atoms with E-state index in [1.807, 2.05) is 0 Å². The van der Waals surface area contributed by atoms with Crippen LogP contribution in [0.1, 0.15) is 42.0 Å². The molecule has 0 unspecified atom stereocenters. The number of aryl methyl sites for hydroxylation is 4. The van der Waals surface area contributed by atoms with Gasteiger partial charge in [-0.3, -0.25) is 37.4 Å². The minimum atomic E-state index is -4.97. The van der Waals surface area contributed by atoms with Gasteiger partial charge in [0.25, 0.3) is 64.1 Å². The van der Waals surface area contributed by atoms with Crippen molar-refractivity contribution in [3.63, 3.8) is 0 Å². The van der Waals surface area contributed by atoms with Crippen molar-refractivity contribution in [2.45, 2.75) is 19.6 Å². The second-order valence-electron chi connectivity index (χ2n) is 16.8. The molecule has 0 aliphatic heterocycles. The van der Waals surface area contributed by atoms with Gasteiger partial charge in [-0.05, 0) is 60.7 Å². The molecule has 397 valence electrons. The Bertz CT molecular complexity index is 4030. The van der Waals surface area contributed by atoms with Crippen molar-refractivity contribution in [2.75, 3.05) is 31.9 Å². The number of carbonyl (C=O) groups excluding carboxylic acids is 5. The number of hydrogen-bond donors (Lipinski definition) is 10. The molecule has 0 bridgehead atoms. The zero-order valence-electron chi connectivity index (χ0n) is 40.4. The predicted molar refractivity (Wildman–Crippen MR) is 279 cm³/mol. The standard InChI is InChI=1S/C45H40N10O17S4.Na/c1-52-19-23(15-33(52)43(58)50-29-11-13-35(73(61,62)63)27-7-5-9-37(39(27)29)75(67,68)69)46-41(56)31-17-25(21-54(31)3)48-45(60)49-26-18-32(55(4)22-26)42(57)47-24-16-34(53(2)20-24)44(59)51-30-12-14-36(74(64,65)66)28-8-6-10-38(40(28)30)76(70,71)72;/h5-22H,1-4H3,(H,46,56)(H,47,57)(H,50,58)(H,51,59)(H2,48,49,60)(H,61,62,63)(H,64,65,66)(H,67,68,69)(H,70,71,72);. The van der Waals surface area contributed by atoms with Crippen LogP contribution in [0.15, 0.2) is 129 Å². The summed E-state index contributed by atoms with van der Waals surface area (Å²) < 4.78 is 142. The van der Waals surface area contributed by atoms with Gasteiger partial charge in [-0.1, -0.05) is 24.3 Å². The normalized spacial score (nSPS) is 11.9. The number of amides is 6. The zero-order chi connectivity index (χ0) is 55.6. The van der Waals surface area contributed by atoms with Crippen LogP contribution in [0.5, 0.6) is 0 Å². The van der Waals surface area contributed by atoms with Crippen molar-refractivity contribution in [1.29, 1.82) is 0 Å². The van der Waals surface area contributed by atoms with Crippen LogP contribution in [0.3, 0.4) is 0 Å². The van der Waals surface area contributed by atoms with Crippen LogP contribution in [0.2, 0.25) is 0 Å². The van der Waals surface area contributed by atoms with E-state index in [2.05, 4.69) is 31.9 Å². The first-order valence-electron chi connectivity index (χ1n) is 21.4. The summed E-state index contributed by atoms with van der Waals surface area (Å²) >= 11 is 0. The third kappa shape index (κ3) is 12.0. The second kappa shape index (κ2) is 21.0. The number of hydrogen-bond acceptors (Lipinski definition) is 13. The minimum absolute atomic E-state index is 0. The molecule has 0 saturated carbocycles. The summed E-state index contributed by atoms with van der Waals surface area (Å²) in [6.07, 6.45) is 5.61. The monoisotopic (exact) mass is 1140 g/mol. The molecule has 27 nitrogen and oxygen atoms in total. The van der Waals surface area contributed by atoms with Gasteiger partial charge in [0.05, 0.1) is 34.1 Å². The van der Waals surface area contributed by atoms with Crippen LogP contribution in [0.25, 0.3) is 21.5 Å². The van der Waals surface area contributed by atoms with E-state index in [1.165, 1.54) is 108 Å². The van der Waals surface area contributed by atoms with Crippen molar-refractivity contribution in [2.24, 2.45) is 28.2 Å². The van der Waals surface area contributed by atoms with Gasteiger partial charge in [-0.2, -0.15) is 33.7 Å². The Balaban J connectivity index is 0.00000861. The molecule has 0 aliphatic rings. The Morgan fingerprint density at radius 2 is 0.649 bits per heavy atom. The number of nitrogens with one attached hydrogen (secondary N) is 6. The molecule has 0 saturated heterocycles. The molecule has 0 aliphatic carbocycles. The SMILES string of the molecule is Cn1cc(NC(=O)Nc2cc(C(=O)Nc3cc(C(=O)Nc4ccc(S(=O)(=O)O)c5cccc(S(=O)(=O)O)c45)n(C)c3)n(C)c2)cc1C(=O)Nc1cc(C(=O)Nc2ccc(S(=O)(=O)O)c3cccc(S(=O)(=O)O)c23)n(C)c1.[Na]. The van der Waals surface area contributed by atoms with Crippen LogP contribution in [0.4, 0.5) is 38.9 Å². The summed E-state index contributed by atoms with van der Waals surface area (Å²) in [6, 6.07) is 15.0. The first kappa shape index (κ1) is 57.0. The Hall–Kier alpha value is -7.69. The molecule has 4 heterocycles. The number of nitrogens with zero attached hydrogens (tertiary/aromatic N) is 4. The first-order valence-corrected chi connectivity index (χ1v) is 27.2. The van der Waals surface area contributed by atoms with E-state index in [0.717, 1.165) is 48.5 Å². The average Bonchev–Trinajstić information content (AvgIpc) is 4.08. The molecular weight excluding hydrogens is 1100 g/mol. The third-order valence-corrected chi connectivity index (χ3v) is 15.1. The van der Waals surface area contributed by atoms with E-state index in [-0.39, 0.29) is 97.2 Å². The van der Waals surface area contributed by atoms with Gasteiger partial charge >= 0.3 is 6.03 Å². The number of aromatic nitrogens is 4. The molecule has 4 aromatic heterocycles. The zero-order valence-corrected chi connectivity index (χ0v) is 45.7. The van der Waals surface area contributed by atoms with E-state index in [1.54, 1.807) is 0 Å². The van der Waals surface area contributed by atoms with Gasteiger partial charge in [0.1, 0.15) is 42.4 Å². The predicted octanol–water partition coefficient (Wildman–Crippen LogP) is 4.61. The molecule has 0 spiro atoms. The molecule has 4 aromatic carbocycles. The summed E-state index contributed by atoms with van der Waals surface area (Å²) in [4.78, 5) is 64.2. The summed E-state index contributed by atoms with van der Waals surface area (Å²) in [6.45, 7) is 0. The summed E-state index contributed by atoms with van der Waals surface area (Å²) in [5.74, 6) is -3.06. The number of carbonyl (C=O) groups is 5. The van der Waals surface area contributed by atoms with Crippen LogP contribution < -0.4 is 31.9 Å². The molecule has 32 heteroatoms. The van der Waals surface area contributed by atoms with Crippen LogP contribution in [-0.2, 0) is 68.7 Å². The fourth-order valence-corrected chi connectivity index (χ4v) is 11.1. The Labute approximate surface area is 458 Å². The quantitative estimate of drug-likeness (QED) is 0.0525. The van der Waals surface area contributed by atoms with Gasteiger partial charge in [-0.15, -0.1) is 0 Å². The fourth-order valence-electron chi connectivity index (χ4n) is 8.27. The Morgan fingerprint density at radius 3 is 0.935 bits per heavy atom. The van der Waals surface area contributed by atoms with Crippen molar-refractivity contribution < 1.29 is 75.9 Å². The molecule has 1 radical (unpaired) electrons. The summed E-state index contributed by atoms with van der Waals surface area (Å²) in [7, 11) is -13.8. The number of urea groups is 1. The summed E-state index contributed by atoms with van der Waals surface area (Å²) in [5, 5.41) is 14.0. The van der Waals surface area contributed by atoms with E-state index in [0.29, 0.717) is 0 Å². The molecule has 0 atom stereocenters. The molecule has 10 N–H and O–H groups in total. The van der Waals surface area contributed by atoms with Gasteiger partial charge in [0.2, 0.25) is 0 Å². The molecule has 77 heavy (non-hydrogen) atoms. The second-order valence-corrected chi connectivity index (χ2v) is 22.3. The molecule has 8 aromatic rings. The first-order chi connectivity index (χ1) is 35.4. The number of fused-ring (bicyclic) bond motifs is 2. The Kier molecular flexibility index (Phi) is 15.6. The van der Waals surface area contributed by atoms with Crippen molar-refractivity contribution >= 4 is 155 Å². The van der Waals surface area contributed by atoms with E-state index in [9.17, 15) is 75.9 Å². The maximum Gasteiger partial charge on any atom is 0.323 e. The molecular formula is C45H40N10NaO17S4. The van der Waals surface area contributed by atoms with Crippen molar-refractivity contribution in [3.8, 4) is 0 Å². The largest absolute Gasteiger partial charge is 0.344 e. The molecule has 6 amide bonds. The maximum absolute atomic E-state index is 13.5. The summed E-state index contributed by atoms with van der Waals surface area (Å²) in [5.41, 5.74) is 0.0361.